The summed E-state index contributed by atoms with van der Waals surface area (Å²) in [5.74, 6) is -2.11. The van der Waals surface area contributed by atoms with Crippen LogP contribution in [0.4, 0.5) is 8.78 Å². The number of carbonyl (C=O) groups excluding carboxylic acids is 1. The number of hydrogen-bond acceptors (Lipinski definition) is 7. The molecule has 0 saturated carbocycles. The SMILES string of the molecule is CCn1nnc(C(/C=C/[C@@H](O)C[C@@H](O)CC(=O)[O-])=C(c2ccc(F)cc2)c2ccc(F)cc2)n1. The monoisotopic (exact) mass is 469 g/mol. The highest BCUT2D eigenvalue weighted by atomic mass is 19.1. The third kappa shape index (κ3) is 6.63. The Hall–Kier alpha value is -3.76. The molecule has 10 heteroatoms. The number of carboxylic acid groups (broad SMARTS) is 1. The molecule has 0 aliphatic rings. The minimum Gasteiger partial charge on any atom is -0.550 e. The number of benzene rings is 2. The summed E-state index contributed by atoms with van der Waals surface area (Å²) in [4.78, 5) is 12.0. The van der Waals surface area contributed by atoms with Gasteiger partial charge in [-0.25, -0.2) is 8.78 Å². The maximum atomic E-state index is 13.6. The normalized spacial score (nSPS) is 13.1. The van der Waals surface area contributed by atoms with Gasteiger partial charge in [0, 0.05) is 30.0 Å². The van der Waals surface area contributed by atoms with Crippen LogP contribution in [0.5, 0.6) is 0 Å². The zero-order valence-electron chi connectivity index (χ0n) is 18.3. The summed E-state index contributed by atoms with van der Waals surface area (Å²) in [5, 5.41) is 43.2. The van der Waals surface area contributed by atoms with Crippen molar-refractivity contribution in [1.82, 2.24) is 20.2 Å². The first-order chi connectivity index (χ1) is 16.3. The van der Waals surface area contributed by atoms with Crippen molar-refractivity contribution >= 4 is 17.1 Å². The Kier molecular flexibility index (Phi) is 8.34. The molecule has 2 N–H and O–H groups in total. The van der Waals surface area contributed by atoms with Crippen molar-refractivity contribution in [3.05, 3.63) is 89.3 Å². The van der Waals surface area contributed by atoms with E-state index in [0.717, 1.165) is 0 Å². The van der Waals surface area contributed by atoms with Crippen LogP contribution >= 0.6 is 0 Å². The van der Waals surface area contributed by atoms with Crippen LogP contribution < -0.4 is 5.11 Å². The molecule has 8 nitrogen and oxygen atoms in total. The fraction of sp³-hybridized carbons (Fsp3) is 0.250. The van der Waals surface area contributed by atoms with E-state index in [1.165, 1.54) is 41.2 Å². The zero-order valence-corrected chi connectivity index (χ0v) is 18.3. The van der Waals surface area contributed by atoms with Gasteiger partial charge in [-0.3, -0.25) is 0 Å². The number of carbonyl (C=O) groups is 1. The van der Waals surface area contributed by atoms with E-state index in [1.54, 1.807) is 24.3 Å². The quantitative estimate of drug-likeness (QED) is 0.434. The van der Waals surface area contributed by atoms with E-state index in [4.69, 9.17) is 0 Å². The average molecular weight is 469 g/mol. The number of nitrogens with zero attached hydrogens (tertiary/aromatic N) is 4. The van der Waals surface area contributed by atoms with E-state index >= 15 is 0 Å². The second-order valence-electron chi connectivity index (χ2n) is 7.50. The highest BCUT2D eigenvalue weighted by Crippen LogP contribution is 2.32. The number of aliphatic carboxylic acids is 1. The third-order valence-electron chi connectivity index (χ3n) is 4.91. The predicted octanol–water partition coefficient (Wildman–Crippen LogP) is 1.74. The van der Waals surface area contributed by atoms with Crippen molar-refractivity contribution in [1.29, 1.82) is 0 Å². The smallest absolute Gasteiger partial charge is 0.205 e. The van der Waals surface area contributed by atoms with Gasteiger partial charge in [-0.2, -0.15) is 4.80 Å². The summed E-state index contributed by atoms with van der Waals surface area (Å²) in [7, 11) is 0. The Morgan fingerprint density at radius 1 is 1.06 bits per heavy atom. The predicted molar refractivity (Wildman–Crippen MR) is 118 cm³/mol. The summed E-state index contributed by atoms with van der Waals surface area (Å²) >= 11 is 0. The molecule has 178 valence electrons. The van der Waals surface area contributed by atoms with Crippen molar-refractivity contribution < 1.29 is 28.9 Å². The van der Waals surface area contributed by atoms with Crippen LogP contribution in [-0.4, -0.2) is 48.6 Å². The van der Waals surface area contributed by atoms with E-state index in [2.05, 4.69) is 15.4 Å². The molecule has 0 spiro atoms. The third-order valence-corrected chi connectivity index (χ3v) is 4.91. The van der Waals surface area contributed by atoms with Crippen molar-refractivity contribution in [2.24, 2.45) is 0 Å². The number of hydrogen-bond donors (Lipinski definition) is 2. The Morgan fingerprint density at radius 2 is 1.62 bits per heavy atom. The number of tetrazole rings is 1. The first kappa shape index (κ1) is 24.9. The summed E-state index contributed by atoms with van der Waals surface area (Å²) in [6.07, 6.45) is -0.493. The van der Waals surface area contributed by atoms with E-state index in [0.29, 0.717) is 28.8 Å². The number of halogens is 2. The largest absolute Gasteiger partial charge is 0.550 e. The van der Waals surface area contributed by atoms with Crippen LogP contribution in [0.1, 0.15) is 36.7 Å². The number of aliphatic hydroxyl groups excluding tert-OH is 2. The molecule has 34 heavy (non-hydrogen) atoms. The molecule has 0 unspecified atom stereocenters. The van der Waals surface area contributed by atoms with Crippen molar-refractivity contribution in [3.63, 3.8) is 0 Å². The van der Waals surface area contributed by atoms with Crippen LogP contribution in [0.15, 0.2) is 60.7 Å². The highest BCUT2D eigenvalue weighted by Gasteiger charge is 2.18. The molecule has 0 aliphatic carbocycles. The maximum absolute atomic E-state index is 13.6. The summed E-state index contributed by atoms with van der Waals surface area (Å²) < 4.78 is 27.2. The van der Waals surface area contributed by atoms with Gasteiger partial charge >= 0.3 is 0 Å². The molecule has 0 bridgehead atoms. The molecule has 0 radical (unpaired) electrons. The average Bonchev–Trinajstić information content (AvgIpc) is 3.27. The van der Waals surface area contributed by atoms with Crippen LogP contribution in [-0.2, 0) is 11.3 Å². The molecular weight excluding hydrogens is 446 g/mol. The molecule has 2 atom stereocenters. The van der Waals surface area contributed by atoms with Crippen LogP contribution in [0.3, 0.4) is 0 Å². The molecule has 1 aromatic heterocycles. The van der Waals surface area contributed by atoms with Crippen molar-refractivity contribution in [2.75, 3.05) is 0 Å². The second-order valence-corrected chi connectivity index (χ2v) is 7.50. The standard InChI is InChI=1S/C24H24F2N4O4/c1-2-30-28-24(27-29-30)21(12-11-19(31)13-20(32)14-22(33)34)23(15-3-7-17(25)8-4-15)16-5-9-18(26)10-6-16/h3-12,19-20,31-32H,2,13-14H2,1H3,(H,33,34)/p-1/b12-11+/t19-,20-/m1/s1. The molecule has 0 amide bonds. The second kappa shape index (κ2) is 11.4. The van der Waals surface area contributed by atoms with Gasteiger partial charge in [0.05, 0.1) is 18.8 Å². The van der Waals surface area contributed by atoms with E-state index in [-0.39, 0.29) is 12.2 Å². The lowest BCUT2D eigenvalue weighted by Gasteiger charge is -2.15. The van der Waals surface area contributed by atoms with E-state index < -0.39 is 36.2 Å². The van der Waals surface area contributed by atoms with Crippen molar-refractivity contribution in [2.45, 2.75) is 38.5 Å². The molecular formula is C24H23F2N4O4-. The lowest BCUT2D eigenvalue weighted by atomic mass is 9.92. The molecule has 3 rings (SSSR count). The molecule has 2 aromatic carbocycles. The summed E-state index contributed by atoms with van der Waals surface area (Å²) in [5.41, 5.74) is 2.07. The minimum atomic E-state index is -1.43. The van der Waals surface area contributed by atoms with Gasteiger partial charge in [0.1, 0.15) is 11.6 Å². The van der Waals surface area contributed by atoms with E-state index in [9.17, 15) is 28.9 Å². The van der Waals surface area contributed by atoms with Crippen molar-refractivity contribution in [3.8, 4) is 0 Å². The number of aromatic nitrogens is 4. The van der Waals surface area contributed by atoms with Gasteiger partial charge in [-0.1, -0.05) is 36.4 Å². The Bertz CT molecular complexity index is 1130. The van der Waals surface area contributed by atoms with Gasteiger partial charge in [0.25, 0.3) is 0 Å². The first-order valence-corrected chi connectivity index (χ1v) is 10.5. The van der Waals surface area contributed by atoms with Gasteiger partial charge in [0.15, 0.2) is 0 Å². The molecule has 3 aromatic rings. The first-order valence-electron chi connectivity index (χ1n) is 10.5. The maximum Gasteiger partial charge on any atom is 0.205 e. The number of aliphatic hydroxyl groups is 2. The molecule has 1 heterocycles. The fourth-order valence-corrected chi connectivity index (χ4v) is 3.31. The Morgan fingerprint density at radius 3 is 2.09 bits per heavy atom. The van der Waals surface area contributed by atoms with Crippen LogP contribution in [0.25, 0.3) is 11.1 Å². The fourth-order valence-electron chi connectivity index (χ4n) is 3.31. The van der Waals surface area contributed by atoms with Gasteiger partial charge in [-0.15, -0.1) is 10.2 Å². The zero-order chi connectivity index (χ0) is 24.7. The number of carboxylic acids is 1. The number of allylic oxidation sites excluding steroid dienone is 2. The molecule has 0 saturated heterocycles. The summed E-state index contributed by atoms with van der Waals surface area (Å²) in [6.45, 7) is 2.28. The number of rotatable bonds is 10. The molecule has 0 fully saturated rings. The van der Waals surface area contributed by atoms with Crippen LogP contribution in [0.2, 0.25) is 0 Å². The molecule has 0 aliphatic heterocycles. The van der Waals surface area contributed by atoms with E-state index in [1.807, 2.05) is 6.92 Å². The van der Waals surface area contributed by atoms with Gasteiger partial charge in [0.2, 0.25) is 5.82 Å². The minimum absolute atomic E-state index is 0.198. The number of aryl methyl sites for hydroxylation is 1. The Labute approximate surface area is 194 Å². The highest BCUT2D eigenvalue weighted by molar-refractivity contribution is 6.00. The van der Waals surface area contributed by atoms with Crippen LogP contribution in [0, 0.1) is 11.6 Å². The lowest BCUT2D eigenvalue weighted by molar-refractivity contribution is -0.307. The van der Waals surface area contributed by atoms with Gasteiger partial charge < -0.3 is 20.1 Å². The summed E-state index contributed by atoms with van der Waals surface area (Å²) in [6, 6.07) is 11.3. The Balaban J connectivity index is 2.14. The lowest BCUT2D eigenvalue weighted by Crippen LogP contribution is -2.29. The van der Waals surface area contributed by atoms with Gasteiger partial charge in [-0.05, 0) is 47.5 Å². The topological polar surface area (TPSA) is 124 Å².